The molecule has 1 aliphatic carbocycles. The Morgan fingerprint density at radius 1 is 1.25 bits per heavy atom. The fourth-order valence-electron chi connectivity index (χ4n) is 2.96. The van der Waals surface area contributed by atoms with Crippen LogP contribution >= 0.6 is 11.3 Å². The Labute approximate surface area is 141 Å². The lowest BCUT2D eigenvalue weighted by Crippen LogP contribution is -2.45. The van der Waals surface area contributed by atoms with Crippen LogP contribution in [0.4, 0.5) is 13.2 Å². The van der Waals surface area contributed by atoms with Gasteiger partial charge in [0.2, 0.25) is 0 Å². The first-order chi connectivity index (χ1) is 11.5. The number of ether oxygens (including phenoxy) is 1. The second-order valence-electron chi connectivity index (χ2n) is 5.82. The van der Waals surface area contributed by atoms with Crippen LogP contribution in [0.25, 0.3) is 0 Å². The molecule has 1 aliphatic rings. The van der Waals surface area contributed by atoms with Crippen molar-refractivity contribution in [2.24, 2.45) is 0 Å². The summed E-state index contributed by atoms with van der Waals surface area (Å²) in [6.45, 7) is -2.59. The van der Waals surface area contributed by atoms with Gasteiger partial charge >= 0.3 is 6.61 Å². The van der Waals surface area contributed by atoms with E-state index >= 15 is 0 Å². The number of halogens is 3. The molecule has 1 aromatic heterocycles. The first-order valence-electron chi connectivity index (χ1n) is 7.57. The Balaban J connectivity index is 1.69. The molecule has 0 spiro atoms. The second kappa shape index (κ2) is 6.84. The highest BCUT2D eigenvalue weighted by molar-refractivity contribution is 7.12. The molecule has 0 unspecified atom stereocenters. The van der Waals surface area contributed by atoms with Gasteiger partial charge in [0.1, 0.15) is 16.4 Å². The Morgan fingerprint density at radius 3 is 2.54 bits per heavy atom. The van der Waals surface area contributed by atoms with Crippen molar-refractivity contribution in [2.75, 3.05) is 6.54 Å². The van der Waals surface area contributed by atoms with Crippen LogP contribution < -0.4 is 10.1 Å². The summed E-state index contributed by atoms with van der Waals surface area (Å²) in [5.41, 5.74) is 0.760. The van der Waals surface area contributed by atoms with E-state index in [0.717, 1.165) is 36.2 Å². The summed E-state index contributed by atoms with van der Waals surface area (Å²) in [5.74, 6) is -0.851. The first kappa shape index (κ1) is 16.8. The summed E-state index contributed by atoms with van der Waals surface area (Å²) in [5, 5.41) is 4.34. The summed E-state index contributed by atoms with van der Waals surface area (Å²) in [6, 6.07) is 7.63. The van der Waals surface area contributed by atoms with E-state index in [1.165, 1.54) is 23.6 Å². The molecule has 1 aromatic carbocycles. The van der Waals surface area contributed by atoms with E-state index in [-0.39, 0.29) is 21.9 Å². The molecule has 0 bridgehead atoms. The van der Waals surface area contributed by atoms with Crippen molar-refractivity contribution in [3.8, 4) is 5.75 Å². The summed E-state index contributed by atoms with van der Waals surface area (Å²) in [7, 11) is 0. The largest absolute Gasteiger partial charge is 0.433 e. The lowest BCUT2D eigenvalue weighted by atomic mass is 9.64. The van der Waals surface area contributed by atoms with Crippen LogP contribution in [0.5, 0.6) is 5.75 Å². The lowest BCUT2D eigenvalue weighted by molar-refractivity contribution is -0.0498. The average Bonchev–Trinajstić information content (AvgIpc) is 2.95. The number of hydrogen-bond donors (Lipinski definition) is 1. The highest BCUT2D eigenvalue weighted by Crippen LogP contribution is 2.43. The monoisotopic (exact) mass is 355 g/mol. The number of nitrogens with one attached hydrogen (secondary N) is 1. The third-order valence-electron chi connectivity index (χ3n) is 4.41. The second-order valence-corrected chi connectivity index (χ2v) is 6.73. The van der Waals surface area contributed by atoms with Gasteiger partial charge in [0.05, 0.1) is 0 Å². The average molecular weight is 355 g/mol. The van der Waals surface area contributed by atoms with E-state index in [9.17, 15) is 18.0 Å². The lowest BCUT2D eigenvalue weighted by Gasteiger charge is -2.42. The first-order valence-corrected chi connectivity index (χ1v) is 8.45. The van der Waals surface area contributed by atoms with Gasteiger partial charge in [-0.25, -0.2) is 4.39 Å². The molecule has 1 saturated carbocycles. The number of rotatable bonds is 6. The highest BCUT2D eigenvalue weighted by Gasteiger charge is 2.39. The minimum atomic E-state index is -2.97. The van der Waals surface area contributed by atoms with Crippen molar-refractivity contribution in [1.82, 2.24) is 5.32 Å². The third-order valence-corrected chi connectivity index (χ3v) is 5.30. The van der Waals surface area contributed by atoms with Crippen LogP contribution in [-0.4, -0.2) is 19.1 Å². The maximum Gasteiger partial charge on any atom is 0.387 e. The van der Waals surface area contributed by atoms with Gasteiger partial charge in [0.25, 0.3) is 5.91 Å². The Hall–Kier alpha value is -2.02. The van der Waals surface area contributed by atoms with Crippen LogP contribution in [0.15, 0.2) is 35.7 Å². The van der Waals surface area contributed by atoms with E-state index in [1.54, 1.807) is 12.1 Å². The minimum absolute atomic E-state index is 0.114. The Kier molecular flexibility index (Phi) is 4.80. The van der Waals surface area contributed by atoms with E-state index in [0.29, 0.717) is 6.54 Å². The van der Waals surface area contributed by atoms with Crippen LogP contribution in [0.1, 0.15) is 34.5 Å². The summed E-state index contributed by atoms with van der Waals surface area (Å²) >= 11 is 1.05. The molecule has 2 aromatic rings. The van der Waals surface area contributed by atoms with Gasteiger partial charge in [-0.1, -0.05) is 18.6 Å². The van der Waals surface area contributed by atoms with Crippen molar-refractivity contribution < 1.29 is 22.7 Å². The molecule has 1 heterocycles. The standard InChI is InChI=1S/C17H16F3NO2S/c18-12-4-2-11(3-5-12)17(7-1-8-17)10-21-15(22)14-13(6-9-24-14)23-16(19)20/h2-6,9,16H,1,7-8,10H2,(H,21,22). The molecule has 24 heavy (non-hydrogen) atoms. The van der Waals surface area contributed by atoms with Gasteiger partial charge in [0.15, 0.2) is 0 Å². The van der Waals surface area contributed by atoms with Gasteiger partial charge in [0, 0.05) is 12.0 Å². The normalized spacial score (nSPS) is 15.8. The van der Waals surface area contributed by atoms with Crippen LogP contribution in [0.3, 0.4) is 0 Å². The summed E-state index contributed by atoms with van der Waals surface area (Å²) in [4.78, 5) is 12.4. The van der Waals surface area contributed by atoms with Crippen molar-refractivity contribution in [3.05, 3.63) is 52.0 Å². The zero-order chi connectivity index (χ0) is 17.2. The van der Waals surface area contributed by atoms with Crippen molar-refractivity contribution in [3.63, 3.8) is 0 Å². The SMILES string of the molecule is O=C(NCC1(c2ccc(F)cc2)CCC1)c1sccc1OC(F)F. The van der Waals surface area contributed by atoms with Gasteiger partial charge < -0.3 is 10.1 Å². The zero-order valence-electron chi connectivity index (χ0n) is 12.7. The smallest absolute Gasteiger partial charge is 0.387 e. The number of thiophene rings is 1. The van der Waals surface area contributed by atoms with E-state index in [4.69, 9.17) is 0 Å². The maximum atomic E-state index is 13.1. The number of alkyl halides is 2. The van der Waals surface area contributed by atoms with E-state index in [1.807, 2.05) is 0 Å². The topological polar surface area (TPSA) is 38.3 Å². The van der Waals surface area contributed by atoms with Gasteiger partial charge in [-0.05, 0) is 42.0 Å². The van der Waals surface area contributed by atoms with Crippen LogP contribution in [-0.2, 0) is 5.41 Å². The van der Waals surface area contributed by atoms with Gasteiger partial charge in [-0.3, -0.25) is 4.79 Å². The number of amides is 1. The number of benzene rings is 1. The quantitative estimate of drug-likeness (QED) is 0.837. The van der Waals surface area contributed by atoms with Crippen LogP contribution in [0, 0.1) is 5.82 Å². The molecule has 0 aliphatic heterocycles. The van der Waals surface area contributed by atoms with Crippen molar-refractivity contribution >= 4 is 17.2 Å². The number of carbonyl (C=O) groups excluding carboxylic acids is 1. The molecular formula is C17H16F3NO2S. The third kappa shape index (κ3) is 3.40. The summed E-state index contributed by atoms with van der Waals surface area (Å²) in [6.07, 6.45) is 2.82. The Morgan fingerprint density at radius 2 is 1.96 bits per heavy atom. The highest BCUT2D eigenvalue weighted by atomic mass is 32.1. The predicted octanol–water partition coefficient (Wildman–Crippen LogP) is 4.34. The van der Waals surface area contributed by atoms with Crippen LogP contribution in [0.2, 0.25) is 0 Å². The molecule has 3 nitrogen and oxygen atoms in total. The molecule has 7 heteroatoms. The summed E-state index contributed by atoms with van der Waals surface area (Å²) < 4.78 is 42.2. The maximum absolute atomic E-state index is 13.1. The fourth-order valence-corrected chi connectivity index (χ4v) is 3.70. The number of hydrogen-bond acceptors (Lipinski definition) is 3. The molecule has 0 radical (unpaired) electrons. The molecule has 1 N–H and O–H groups in total. The molecule has 128 valence electrons. The predicted molar refractivity (Wildman–Crippen MR) is 85.2 cm³/mol. The fraction of sp³-hybridized carbons (Fsp3) is 0.353. The molecular weight excluding hydrogens is 339 g/mol. The molecule has 1 fully saturated rings. The molecule has 1 amide bonds. The van der Waals surface area contributed by atoms with Gasteiger partial charge in [-0.15, -0.1) is 11.3 Å². The van der Waals surface area contributed by atoms with E-state index < -0.39 is 12.5 Å². The van der Waals surface area contributed by atoms with Gasteiger partial charge in [-0.2, -0.15) is 8.78 Å². The molecule has 0 atom stereocenters. The zero-order valence-corrected chi connectivity index (χ0v) is 13.5. The molecule has 0 saturated heterocycles. The Bertz CT molecular complexity index is 711. The number of carbonyl (C=O) groups is 1. The molecule has 3 rings (SSSR count). The minimum Gasteiger partial charge on any atom is -0.433 e. The van der Waals surface area contributed by atoms with E-state index in [2.05, 4.69) is 10.1 Å². The van der Waals surface area contributed by atoms with Crippen molar-refractivity contribution in [1.29, 1.82) is 0 Å². The van der Waals surface area contributed by atoms with Crippen molar-refractivity contribution in [2.45, 2.75) is 31.3 Å².